The lowest BCUT2D eigenvalue weighted by atomic mass is 10.0. The smallest absolute Gasteiger partial charge is 0.126 e. The van der Waals surface area contributed by atoms with Gasteiger partial charge in [0.1, 0.15) is 5.82 Å². The molecule has 0 amide bonds. The minimum Gasteiger partial charge on any atom is -0.271 e. The summed E-state index contributed by atoms with van der Waals surface area (Å²) >= 11 is 0. The maximum atomic E-state index is 13.3. The summed E-state index contributed by atoms with van der Waals surface area (Å²) in [5.41, 5.74) is 5.33. The molecule has 0 saturated carbocycles. The van der Waals surface area contributed by atoms with Crippen molar-refractivity contribution in [2.24, 2.45) is 5.84 Å². The number of nitrogens with zero attached hydrogens (tertiary/aromatic N) is 2. The minimum atomic E-state index is -0.200. The van der Waals surface area contributed by atoms with Gasteiger partial charge in [0.2, 0.25) is 0 Å². The summed E-state index contributed by atoms with van der Waals surface area (Å²) in [7, 11) is 0. The average molecular weight is 276 g/mol. The van der Waals surface area contributed by atoms with Crippen molar-refractivity contribution in [3.05, 3.63) is 53.1 Å². The molecule has 1 aromatic carbocycles. The topological polar surface area (TPSA) is 55.9 Å². The number of hydrogen-bond acceptors (Lipinski definition) is 3. The highest BCUT2D eigenvalue weighted by molar-refractivity contribution is 5.27. The van der Waals surface area contributed by atoms with Crippen LogP contribution in [-0.2, 0) is 6.42 Å². The Morgan fingerprint density at radius 3 is 2.65 bits per heavy atom. The number of hydrogen-bond donors (Lipinski definition) is 2. The van der Waals surface area contributed by atoms with E-state index in [1.807, 2.05) is 23.0 Å². The molecule has 0 spiro atoms. The Bertz CT molecular complexity index is 577. The van der Waals surface area contributed by atoms with Crippen LogP contribution in [-0.4, -0.2) is 9.78 Å². The number of hydrazine groups is 1. The Hall–Kier alpha value is -1.72. The first kappa shape index (κ1) is 14.7. The maximum absolute atomic E-state index is 13.3. The van der Waals surface area contributed by atoms with Crippen molar-refractivity contribution in [1.82, 2.24) is 15.2 Å². The van der Waals surface area contributed by atoms with E-state index in [1.54, 1.807) is 13.0 Å². The van der Waals surface area contributed by atoms with Crippen LogP contribution in [0.25, 0.3) is 0 Å². The molecule has 0 bridgehead atoms. The molecule has 20 heavy (non-hydrogen) atoms. The van der Waals surface area contributed by atoms with E-state index in [0.717, 1.165) is 11.3 Å². The van der Waals surface area contributed by atoms with Gasteiger partial charge in [-0.1, -0.05) is 12.1 Å². The van der Waals surface area contributed by atoms with Crippen LogP contribution in [0.1, 0.15) is 42.8 Å². The third-order valence-corrected chi connectivity index (χ3v) is 3.39. The third-order valence-electron chi connectivity index (χ3n) is 3.39. The zero-order valence-electron chi connectivity index (χ0n) is 12.1. The molecule has 0 fully saturated rings. The number of benzene rings is 1. The lowest BCUT2D eigenvalue weighted by Gasteiger charge is -2.16. The summed E-state index contributed by atoms with van der Waals surface area (Å²) in [5, 5.41) is 4.51. The molecule has 0 aliphatic rings. The van der Waals surface area contributed by atoms with Gasteiger partial charge in [-0.25, -0.2) is 4.39 Å². The predicted molar refractivity (Wildman–Crippen MR) is 77.5 cm³/mol. The van der Waals surface area contributed by atoms with Gasteiger partial charge in [-0.2, -0.15) is 5.10 Å². The van der Waals surface area contributed by atoms with Crippen LogP contribution in [0.5, 0.6) is 0 Å². The normalized spacial score (nSPS) is 12.9. The summed E-state index contributed by atoms with van der Waals surface area (Å²) < 4.78 is 15.2. The molecule has 5 heteroatoms. The van der Waals surface area contributed by atoms with Gasteiger partial charge in [0.25, 0.3) is 0 Å². The molecule has 0 radical (unpaired) electrons. The van der Waals surface area contributed by atoms with Gasteiger partial charge in [0.15, 0.2) is 0 Å². The molecule has 0 saturated heterocycles. The van der Waals surface area contributed by atoms with Gasteiger partial charge in [0, 0.05) is 18.7 Å². The fraction of sp³-hybridized carbons (Fsp3) is 0.400. The van der Waals surface area contributed by atoms with Gasteiger partial charge in [-0.3, -0.25) is 16.0 Å². The van der Waals surface area contributed by atoms with E-state index in [2.05, 4.69) is 24.4 Å². The van der Waals surface area contributed by atoms with Crippen molar-refractivity contribution >= 4 is 0 Å². The highest BCUT2D eigenvalue weighted by Crippen LogP contribution is 2.20. The summed E-state index contributed by atoms with van der Waals surface area (Å²) in [5.74, 6) is 5.43. The highest BCUT2D eigenvalue weighted by Gasteiger charge is 2.14. The number of aryl methyl sites for hydroxylation is 1. The molecule has 0 aliphatic carbocycles. The molecule has 1 atom stereocenters. The van der Waals surface area contributed by atoms with E-state index in [9.17, 15) is 4.39 Å². The predicted octanol–water partition coefficient (Wildman–Crippen LogP) is 2.66. The van der Waals surface area contributed by atoms with Gasteiger partial charge >= 0.3 is 0 Å². The monoisotopic (exact) mass is 276 g/mol. The summed E-state index contributed by atoms with van der Waals surface area (Å²) in [6, 6.07) is 7.29. The fourth-order valence-electron chi connectivity index (χ4n) is 2.14. The van der Waals surface area contributed by atoms with E-state index < -0.39 is 0 Å². The summed E-state index contributed by atoms with van der Waals surface area (Å²) in [4.78, 5) is 0. The largest absolute Gasteiger partial charge is 0.271 e. The first-order valence-electron chi connectivity index (χ1n) is 6.77. The second-order valence-electron chi connectivity index (χ2n) is 5.31. The molecule has 3 N–H and O–H groups in total. The number of halogens is 1. The summed E-state index contributed by atoms with van der Waals surface area (Å²) in [6.07, 6.45) is 2.63. The van der Waals surface area contributed by atoms with Crippen molar-refractivity contribution in [2.45, 2.75) is 39.3 Å². The fourth-order valence-corrected chi connectivity index (χ4v) is 2.14. The Labute approximate surface area is 118 Å². The van der Waals surface area contributed by atoms with Crippen molar-refractivity contribution in [2.75, 3.05) is 0 Å². The van der Waals surface area contributed by atoms with Crippen LogP contribution < -0.4 is 11.3 Å². The summed E-state index contributed by atoms with van der Waals surface area (Å²) in [6.45, 7) is 5.91. The van der Waals surface area contributed by atoms with Crippen molar-refractivity contribution in [1.29, 1.82) is 0 Å². The Balaban J connectivity index is 2.17. The van der Waals surface area contributed by atoms with Crippen LogP contribution in [0.3, 0.4) is 0 Å². The number of nitrogens with one attached hydrogen (secondary N) is 1. The SMILES string of the molecule is Cc1cc(C(Cc2ccn(C(C)C)n2)NN)ccc1F. The molecule has 1 unspecified atom stereocenters. The lowest BCUT2D eigenvalue weighted by molar-refractivity contribution is 0.506. The zero-order valence-corrected chi connectivity index (χ0v) is 12.1. The van der Waals surface area contributed by atoms with E-state index in [-0.39, 0.29) is 11.9 Å². The molecule has 1 heterocycles. The van der Waals surface area contributed by atoms with Crippen LogP contribution in [0, 0.1) is 12.7 Å². The quantitative estimate of drug-likeness (QED) is 0.652. The van der Waals surface area contributed by atoms with Crippen LogP contribution in [0.15, 0.2) is 30.5 Å². The molecular formula is C15H21FN4. The first-order chi connectivity index (χ1) is 9.51. The minimum absolute atomic E-state index is 0.0789. The van der Waals surface area contributed by atoms with Crippen molar-refractivity contribution < 1.29 is 4.39 Å². The average Bonchev–Trinajstić information content (AvgIpc) is 2.88. The van der Waals surface area contributed by atoms with Crippen LogP contribution in [0.4, 0.5) is 4.39 Å². The Morgan fingerprint density at radius 1 is 1.35 bits per heavy atom. The van der Waals surface area contributed by atoms with E-state index in [0.29, 0.717) is 18.0 Å². The highest BCUT2D eigenvalue weighted by atomic mass is 19.1. The standard InChI is InChI=1S/C15H21FN4/c1-10(2)20-7-6-13(19-20)9-15(18-17)12-4-5-14(16)11(3)8-12/h4-8,10,15,18H,9,17H2,1-3H3. The second kappa shape index (κ2) is 6.15. The maximum Gasteiger partial charge on any atom is 0.126 e. The molecule has 0 aliphatic heterocycles. The lowest BCUT2D eigenvalue weighted by Crippen LogP contribution is -2.29. The molecular weight excluding hydrogens is 255 g/mol. The van der Waals surface area contributed by atoms with Crippen LogP contribution >= 0.6 is 0 Å². The van der Waals surface area contributed by atoms with Gasteiger partial charge < -0.3 is 0 Å². The van der Waals surface area contributed by atoms with Gasteiger partial charge in [-0.05, 0) is 44.0 Å². The molecule has 2 aromatic rings. The number of aromatic nitrogens is 2. The number of nitrogens with two attached hydrogens (primary N) is 1. The Kier molecular flexibility index (Phi) is 4.52. The van der Waals surface area contributed by atoms with Crippen molar-refractivity contribution in [3.63, 3.8) is 0 Å². The first-order valence-corrected chi connectivity index (χ1v) is 6.77. The molecule has 4 nitrogen and oxygen atoms in total. The second-order valence-corrected chi connectivity index (χ2v) is 5.31. The van der Waals surface area contributed by atoms with E-state index >= 15 is 0 Å². The molecule has 1 aromatic heterocycles. The zero-order chi connectivity index (χ0) is 14.7. The van der Waals surface area contributed by atoms with Gasteiger partial charge in [-0.15, -0.1) is 0 Å². The molecule has 2 rings (SSSR count). The third kappa shape index (κ3) is 3.23. The Morgan fingerprint density at radius 2 is 2.10 bits per heavy atom. The van der Waals surface area contributed by atoms with Crippen molar-refractivity contribution in [3.8, 4) is 0 Å². The van der Waals surface area contributed by atoms with Gasteiger partial charge in [0.05, 0.1) is 11.7 Å². The number of rotatable bonds is 5. The van der Waals surface area contributed by atoms with E-state index in [1.165, 1.54) is 6.07 Å². The molecule has 108 valence electrons. The van der Waals surface area contributed by atoms with E-state index in [4.69, 9.17) is 5.84 Å². The van der Waals surface area contributed by atoms with Crippen LogP contribution in [0.2, 0.25) is 0 Å².